The van der Waals surface area contributed by atoms with Gasteiger partial charge in [0.1, 0.15) is 0 Å². The molecule has 2 fully saturated rings. The van der Waals surface area contributed by atoms with E-state index in [9.17, 15) is 10.2 Å². The fourth-order valence-electron chi connectivity index (χ4n) is 4.95. The second-order valence-electron chi connectivity index (χ2n) is 7.56. The first kappa shape index (κ1) is 11.7. The highest BCUT2D eigenvalue weighted by Gasteiger charge is 2.57. The highest BCUT2D eigenvalue weighted by atomic mass is 16.3. The number of aliphatic hydroxyl groups is 2. The minimum atomic E-state index is -0.209. The quantitative estimate of drug-likeness (QED) is 0.687. The van der Waals surface area contributed by atoms with E-state index in [1.54, 1.807) is 0 Å². The molecule has 3 rings (SSSR count). The van der Waals surface area contributed by atoms with Gasteiger partial charge >= 0.3 is 0 Å². The second kappa shape index (κ2) is 3.36. The largest absolute Gasteiger partial charge is 0.392 e. The van der Waals surface area contributed by atoms with E-state index in [2.05, 4.69) is 20.8 Å². The molecule has 0 spiro atoms. The summed E-state index contributed by atoms with van der Waals surface area (Å²) in [5.41, 5.74) is 3.31. The molecule has 0 aromatic carbocycles. The monoisotopic (exact) mass is 236 g/mol. The maximum atomic E-state index is 10.0. The van der Waals surface area contributed by atoms with Gasteiger partial charge in [0.05, 0.1) is 12.7 Å². The van der Waals surface area contributed by atoms with Gasteiger partial charge in [0.25, 0.3) is 0 Å². The zero-order valence-electron chi connectivity index (χ0n) is 11.2. The molecule has 1 unspecified atom stereocenters. The fourth-order valence-corrected chi connectivity index (χ4v) is 4.95. The summed E-state index contributed by atoms with van der Waals surface area (Å²) >= 11 is 0. The van der Waals surface area contributed by atoms with Gasteiger partial charge in [-0.1, -0.05) is 26.3 Å². The normalized spacial score (nSPS) is 47.5. The van der Waals surface area contributed by atoms with E-state index >= 15 is 0 Å². The summed E-state index contributed by atoms with van der Waals surface area (Å²) in [6, 6.07) is 0. The minimum Gasteiger partial charge on any atom is -0.392 e. The Morgan fingerprint density at radius 2 is 1.88 bits per heavy atom. The van der Waals surface area contributed by atoms with Crippen LogP contribution in [0.4, 0.5) is 0 Å². The molecule has 0 aromatic rings. The van der Waals surface area contributed by atoms with E-state index in [1.807, 2.05) is 0 Å². The van der Waals surface area contributed by atoms with Crippen LogP contribution in [-0.2, 0) is 0 Å². The van der Waals surface area contributed by atoms with E-state index in [0.29, 0.717) is 11.3 Å². The number of hydrogen-bond acceptors (Lipinski definition) is 2. The molecule has 2 heteroatoms. The Balaban J connectivity index is 2.02. The lowest BCUT2D eigenvalue weighted by Crippen LogP contribution is -2.54. The molecule has 0 amide bonds. The first-order valence-electron chi connectivity index (χ1n) is 6.87. The summed E-state index contributed by atoms with van der Waals surface area (Å²) in [5, 5.41) is 19.7. The Labute approximate surface area is 104 Å². The molecule has 2 saturated carbocycles. The molecule has 0 bridgehead atoms. The minimum absolute atomic E-state index is 0.152. The number of rotatable bonds is 1. The van der Waals surface area contributed by atoms with Crippen LogP contribution in [0.2, 0.25) is 0 Å². The molecule has 2 nitrogen and oxygen atoms in total. The van der Waals surface area contributed by atoms with Gasteiger partial charge in [-0.3, -0.25) is 0 Å². The maximum absolute atomic E-state index is 10.0. The number of hydrogen-bond donors (Lipinski definition) is 2. The fraction of sp³-hybridized carbons (Fsp3) is 0.867. The number of allylic oxidation sites excluding steroid dienone is 1. The van der Waals surface area contributed by atoms with Crippen molar-refractivity contribution in [3.8, 4) is 0 Å². The SMILES string of the molecule is CC1(C)CC2=C(CO)C3[C@H](O)C[C@@]3(C)C[C@@H]2C1. The molecule has 0 aromatic heterocycles. The third-order valence-corrected chi connectivity index (χ3v) is 5.44. The summed E-state index contributed by atoms with van der Waals surface area (Å²) in [7, 11) is 0. The van der Waals surface area contributed by atoms with Gasteiger partial charge in [0.2, 0.25) is 0 Å². The summed E-state index contributed by atoms with van der Waals surface area (Å²) in [6.07, 6.45) is 4.30. The Morgan fingerprint density at radius 3 is 2.47 bits per heavy atom. The smallest absolute Gasteiger partial charge is 0.0648 e. The van der Waals surface area contributed by atoms with Crippen molar-refractivity contribution < 1.29 is 10.2 Å². The lowest BCUT2D eigenvalue weighted by atomic mass is 9.50. The maximum Gasteiger partial charge on any atom is 0.0648 e. The van der Waals surface area contributed by atoms with Crippen molar-refractivity contribution in [2.24, 2.45) is 22.7 Å². The van der Waals surface area contributed by atoms with Crippen molar-refractivity contribution in [1.29, 1.82) is 0 Å². The van der Waals surface area contributed by atoms with Gasteiger partial charge in [-0.25, -0.2) is 0 Å². The van der Waals surface area contributed by atoms with Crippen molar-refractivity contribution >= 4 is 0 Å². The molecule has 0 aliphatic heterocycles. The molecular weight excluding hydrogens is 212 g/mol. The van der Waals surface area contributed by atoms with E-state index in [-0.39, 0.29) is 24.0 Å². The van der Waals surface area contributed by atoms with E-state index < -0.39 is 0 Å². The molecule has 0 heterocycles. The zero-order valence-corrected chi connectivity index (χ0v) is 11.2. The van der Waals surface area contributed by atoms with Gasteiger partial charge in [-0.05, 0) is 48.0 Å². The molecule has 2 N–H and O–H groups in total. The summed E-state index contributed by atoms with van der Waals surface area (Å²) in [6.45, 7) is 7.10. The van der Waals surface area contributed by atoms with Gasteiger partial charge in [0, 0.05) is 5.92 Å². The molecule has 0 saturated heterocycles. The Morgan fingerprint density at radius 1 is 1.18 bits per heavy atom. The van der Waals surface area contributed by atoms with Crippen LogP contribution in [0.5, 0.6) is 0 Å². The predicted octanol–water partition coefficient (Wildman–Crippen LogP) is 2.50. The molecule has 17 heavy (non-hydrogen) atoms. The molecule has 3 aliphatic carbocycles. The second-order valence-corrected chi connectivity index (χ2v) is 7.56. The topological polar surface area (TPSA) is 40.5 Å². The molecular formula is C15H24O2. The average molecular weight is 236 g/mol. The van der Waals surface area contributed by atoms with Crippen molar-refractivity contribution in [2.45, 2.75) is 52.6 Å². The van der Waals surface area contributed by atoms with Crippen LogP contribution in [0.3, 0.4) is 0 Å². The van der Waals surface area contributed by atoms with Crippen molar-refractivity contribution in [3.05, 3.63) is 11.1 Å². The Hall–Kier alpha value is -0.340. The van der Waals surface area contributed by atoms with Gasteiger partial charge in [-0.15, -0.1) is 0 Å². The van der Waals surface area contributed by atoms with E-state index in [0.717, 1.165) is 12.8 Å². The summed E-state index contributed by atoms with van der Waals surface area (Å²) in [5.74, 6) is 0.911. The third-order valence-electron chi connectivity index (χ3n) is 5.44. The molecule has 3 aliphatic rings. The molecule has 4 atom stereocenters. The summed E-state index contributed by atoms with van der Waals surface area (Å²) in [4.78, 5) is 0. The van der Waals surface area contributed by atoms with Gasteiger partial charge < -0.3 is 10.2 Å². The van der Waals surface area contributed by atoms with Crippen LogP contribution in [0.15, 0.2) is 11.1 Å². The lowest BCUT2D eigenvalue weighted by Gasteiger charge is -2.56. The van der Waals surface area contributed by atoms with Crippen LogP contribution in [0, 0.1) is 22.7 Å². The molecule has 96 valence electrons. The predicted molar refractivity (Wildman–Crippen MR) is 67.5 cm³/mol. The third kappa shape index (κ3) is 1.53. The lowest BCUT2D eigenvalue weighted by molar-refractivity contribution is -0.0988. The average Bonchev–Trinajstić information content (AvgIpc) is 2.48. The zero-order chi connectivity index (χ0) is 12.4. The van der Waals surface area contributed by atoms with Crippen LogP contribution < -0.4 is 0 Å². The highest BCUT2D eigenvalue weighted by Crippen LogP contribution is 2.63. The first-order chi connectivity index (χ1) is 7.86. The standard InChI is InChI=1S/C15H24O2/c1-14(2)4-9-5-15(3)7-12(17)13(15)11(8-16)10(9)6-14/h9,12-13,16-17H,4-8H2,1-3H3/t9-,12+,13?,15+/m0/s1. The highest BCUT2D eigenvalue weighted by molar-refractivity contribution is 5.34. The van der Waals surface area contributed by atoms with Crippen molar-refractivity contribution in [2.75, 3.05) is 6.61 Å². The van der Waals surface area contributed by atoms with E-state index in [4.69, 9.17) is 0 Å². The van der Waals surface area contributed by atoms with Crippen LogP contribution in [0.1, 0.15) is 46.5 Å². The van der Waals surface area contributed by atoms with Gasteiger partial charge in [-0.2, -0.15) is 0 Å². The van der Waals surface area contributed by atoms with Crippen LogP contribution in [0.25, 0.3) is 0 Å². The first-order valence-corrected chi connectivity index (χ1v) is 6.87. The van der Waals surface area contributed by atoms with E-state index in [1.165, 1.54) is 24.0 Å². The summed E-state index contributed by atoms with van der Waals surface area (Å²) < 4.78 is 0. The number of fused-ring (bicyclic) bond motifs is 2. The van der Waals surface area contributed by atoms with Crippen LogP contribution in [-0.4, -0.2) is 22.9 Å². The molecule has 0 radical (unpaired) electrons. The van der Waals surface area contributed by atoms with Crippen molar-refractivity contribution in [3.63, 3.8) is 0 Å². The van der Waals surface area contributed by atoms with Crippen LogP contribution >= 0.6 is 0 Å². The van der Waals surface area contributed by atoms with Gasteiger partial charge in [0.15, 0.2) is 0 Å². The Kier molecular flexibility index (Phi) is 2.32. The number of aliphatic hydroxyl groups excluding tert-OH is 2. The Bertz CT molecular complexity index is 382. The van der Waals surface area contributed by atoms with Crippen molar-refractivity contribution in [1.82, 2.24) is 0 Å².